The molecule has 0 aliphatic heterocycles. The predicted octanol–water partition coefficient (Wildman–Crippen LogP) is 2.01. The smallest absolute Gasteiger partial charge is 0.241 e. The highest BCUT2D eigenvalue weighted by Gasteiger charge is 2.15. The number of phenols is 1. The van der Waals surface area contributed by atoms with Crippen LogP contribution in [0.4, 0.5) is 5.69 Å². The van der Waals surface area contributed by atoms with Crippen LogP contribution in [0.2, 0.25) is 0 Å². The number of aryl methyl sites for hydroxylation is 1. The molecule has 4 nitrogen and oxygen atoms in total. The number of rotatable bonds is 4. The average molecular weight is 236 g/mol. The highest BCUT2D eigenvalue weighted by Crippen LogP contribution is 2.20. The van der Waals surface area contributed by atoms with Gasteiger partial charge in [-0.2, -0.15) is 0 Å². The van der Waals surface area contributed by atoms with Gasteiger partial charge in [0.15, 0.2) is 0 Å². The van der Waals surface area contributed by atoms with E-state index in [1.165, 1.54) is 6.07 Å². The van der Waals surface area contributed by atoms with Crippen molar-refractivity contribution in [2.24, 2.45) is 11.7 Å². The molecular weight excluding hydrogens is 216 g/mol. The monoisotopic (exact) mass is 236 g/mol. The molecule has 1 aromatic rings. The molecule has 94 valence electrons. The molecule has 1 amide bonds. The lowest BCUT2D eigenvalue weighted by Crippen LogP contribution is -2.36. The molecule has 0 unspecified atom stereocenters. The Morgan fingerprint density at radius 2 is 2.12 bits per heavy atom. The van der Waals surface area contributed by atoms with Crippen molar-refractivity contribution in [1.82, 2.24) is 0 Å². The molecule has 1 atom stereocenters. The molecule has 0 saturated heterocycles. The second-order valence-electron chi connectivity index (χ2n) is 4.72. The number of carbonyl (C=O) groups is 1. The minimum absolute atomic E-state index is 0.187. The van der Waals surface area contributed by atoms with Crippen LogP contribution < -0.4 is 11.1 Å². The highest BCUT2D eigenvalue weighted by molar-refractivity contribution is 5.95. The third-order valence-corrected chi connectivity index (χ3v) is 2.53. The largest absolute Gasteiger partial charge is 0.508 e. The average Bonchev–Trinajstić information content (AvgIpc) is 2.21. The van der Waals surface area contributed by atoms with Gasteiger partial charge in [0.25, 0.3) is 0 Å². The number of carbonyl (C=O) groups excluding carboxylic acids is 1. The second kappa shape index (κ2) is 5.68. The van der Waals surface area contributed by atoms with Crippen molar-refractivity contribution in [3.8, 4) is 5.75 Å². The summed E-state index contributed by atoms with van der Waals surface area (Å²) in [7, 11) is 0. The van der Waals surface area contributed by atoms with Gasteiger partial charge in [-0.3, -0.25) is 4.79 Å². The summed E-state index contributed by atoms with van der Waals surface area (Å²) < 4.78 is 0. The van der Waals surface area contributed by atoms with E-state index in [0.717, 1.165) is 5.56 Å². The Bertz CT molecular complexity index is 402. The Kier molecular flexibility index (Phi) is 4.52. The van der Waals surface area contributed by atoms with Crippen LogP contribution in [0.5, 0.6) is 5.75 Å². The fraction of sp³-hybridized carbons (Fsp3) is 0.462. The van der Waals surface area contributed by atoms with Crippen LogP contribution in [0.25, 0.3) is 0 Å². The highest BCUT2D eigenvalue weighted by atomic mass is 16.3. The molecule has 4 N–H and O–H groups in total. The lowest BCUT2D eigenvalue weighted by atomic mass is 10.0. The summed E-state index contributed by atoms with van der Waals surface area (Å²) in [5.41, 5.74) is 7.29. The number of anilines is 1. The molecule has 0 aliphatic rings. The van der Waals surface area contributed by atoms with Gasteiger partial charge in [0.1, 0.15) is 5.75 Å². The van der Waals surface area contributed by atoms with Crippen molar-refractivity contribution >= 4 is 11.6 Å². The topological polar surface area (TPSA) is 75.3 Å². The van der Waals surface area contributed by atoms with E-state index in [4.69, 9.17) is 5.73 Å². The first kappa shape index (κ1) is 13.5. The van der Waals surface area contributed by atoms with E-state index < -0.39 is 6.04 Å². The van der Waals surface area contributed by atoms with Gasteiger partial charge in [0.2, 0.25) is 5.91 Å². The summed E-state index contributed by atoms with van der Waals surface area (Å²) in [6.07, 6.45) is 0.656. The zero-order chi connectivity index (χ0) is 13.0. The molecular formula is C13H20N2O2. The minimum Gasteiger partial charge on any atom is -0.508 e. The standard InChI is InChI=1S/C13H20N2O2/c1-8(2)6-11(14)13(17)15-12-5-4-10(16)7-9(12)3/h4-5,7-8,11,16H,6,14H2,1-3H3,(H,15,17)/t11-/m0/s1. The van der Waals surface area contributed by atoms with E-state index in [1.807, 2.05) is 20.8 Å². The Morgan fingerprint density at radius 1 is 1.47 bits per heavy atom. The molecule has 1 aromatic carbocycles. The number of hydrogen-bond donors (Lipinski definition) is 3. The van der Waals surface area contributed by atoms with E-state index in [-0.39, 0.29) is 11.7 Å². The van der Waals surface area contributed by atoms with Crippen LogP contribution >= 0.6 is 0 Å². The maximum absolute atomic E-state index is 11.8. The molecule has 0 radical (unpaired) electrons. The van der Waals surface area contributed by atoms with Gasteiger partial charge in [0, 0.05) is 5.69 Å². The third kappa shape index (κ3) is 4.07. The Morgan fingerprint density at radius 3 is 2.65 bits per heavy atom. The molecule has 0 saturated carbocycles. The van der Waals surface area contributed by atoms with Crippen molar-refractivity contribution in [2.75, 3.05) is 5.32 Å². The fourth-order valence-electron chi connectivity index (χ4n) is 1.63. The Labute approximate surface area is 102 Å². The maximum Gasteiger partial charge on any atom is 0.241 e. The van der Waals surface area contributed by atoms with Crippen molar-refractivity contribution < 1.29 is 9.90 Å². The van der Waals surface area contributed by atoms with E-state index in [1.54, 1.807) is 12.1 Å². The minimum atomic E-state index is -0.497. The van der Waals surface area contributed by atoms with Crippen LogP contribution in [0, 0.1) is 12.8 Å². The normalized spacial score (nSPS) is 12.5. The number of nitrogens with two attached hydrogens (primary N) is 1. The number of nitrogens with one attached hydrogen (secondary N) is 1. The van der Waals surface area contributed by atoms with Crippen LogP contribution in [0.15, 0.2) is 18.2 Å². The fourth-order valence-corrected chi connectivity index (χ4v) is 1.63. The first-order valence-corrected chi connectivity index (χ1v) is 5.76. The van der Waals surface area contributed by atoms with Crippen LogP contribution in [0.3, 0.4) is 0 Å². The Balaban J connectivity index is 2.67. The molecule has 17 heavy (non-hydrogen) atoms. The van der Waals surface area contributed by atoms with E-state index in [0.29, 0.717) is 18.0 Å². The SMILES string of the molecule is Cc1cc(O)ccc1NC(=O)[C@@H](N)CC(C)C. The van der Waals surface area contributed by atoms with E-state index in [9.17, 15) is 9.90 Å². The summed E-state index contributed by atoms with van der Waals surface area (Å²) in [6.45, 7) is 5.88. The van der Waals surface area contributed by atoms with Gasteiger partial charge in [-0.25, -0.2) is 0 Å². The summed E-state index contributed by atoms with van der Waals surface area (Å²) in [5, 5.41) is 12.0. The van der Waals surface area contributed by atoms with Crippen LogP contribution in [-0.2, 0) is 4.79 Å². The third-order valence-electron chi connectivity index (χ3n) is 2.53. The van der Waals surface area contributed by atoms with Crippen molar-refractivity contribution in [3.05, 3.63) is 23.8 Å². The van der Waals surface area contributed by atoms with Gasteiger partial charge in [-0.05, 0) is 43.0 Å². The molecule has 0 spiro atoms. The van der Waals surface area contributed by atoms with Gasteiger partial charge >= 0.3 is 0 Å². The quantitative estimate of drug-likeness (QED) is 0.700. The van der Waals surface area contributed by atoms with Gasteiger partial charge in [-0.1, -0.05) is 13.8 Å². The van der Waals surface area contributed by atoms with E-state index in [2.05, 4.69) is 5.32 Å². The first-order valence-electron chi connectivity index (χ1n) is 5.76. The number of aromatic hydroxyl groups is 1. The summed E-state index contributed by atoms with van der Waals surface area (Å²) in [5.74, 6) is 0.385. The first-order chi connectivity index (χ1) is 7.90. The zero-order valence-electron chi connectivity index (χ0n) is 10.5. The molecule has 4 heteroatoms. The number of phenolic OH excluding ortho intramolecular Hbond substituents is 1. The lowest BCUT2D eigenvalue weighted by molar-refractivity contribution is -0.117. The van der Waals surface area contributed by atoms with Crippen molar-refractivity contribution in [3.63, 3.8) is 0 Å². The summed E-state index contributed by atoms with van der Waals surface area (Å²) in [6, 6.07) is 4.31. The summed E-state index contributed by atoms with van der Waals surface area (Å²) >= 11 is 0. The number of benzene rings is 1. The lowest BCUT2D eigenvalue weighted by Gasteiger charge is -2.15. The molecule has 0 aromatic heterocycles. The number of amides is 1. The molecule has 1 rings (SSSR count). The Hall–Kier alpha value is -1.55. The second-order valence-corrected chi connectivity index (χ2v) is 4.72. The van der Waals surface area contributed by atoms with Crippen LogP contribution in [0.1, 0.15) is 25.8 Å². The van der Waals surface area contributed by atoms with Crippen molar-refractivity contribution in [2.45, 2.75) is 33.2 Å². The summed E-state index contributed by atoms with van der Waals surface area (Å²) in [4.78, 5) is 11.8. The maximum atomic E-state index is 11.8. The van der Waals surface area contributed by atoms with Gasteiger partial charge < -0.3 is 16.2 Å². The number of hydrogen-bond acceptors (Lipinski definition) is 3. The molecule has 0 aliphatic carbocycles. The van der Waals surface area contributed by atoms with E-state index >= 15 is 0 Å². The molecule has 0 fully saturated rings. The van der Waals surface area contributed by atoms with Crippen LogP contribution in [-0.4, -0.2) is 17.1 Å². The molecule has 0 heterocycles. The predicted molar refractivity (Wildman–Crippen MR) is 68.9 cm³/mol. The van der Waals surface area contributed by atoms with Crippen molar-refractivity contribution in [1.29, 1.82) is 0 Å². The zero-order valence-corrected chi connectivity index (χ0v) is 10.5. The molecule has 0 bridgehead atoms. The van der Waals surface area contributed by atoms with Gasteiger partial charge in [0.05, 0.1) is 6.04 Å². The van der Waals surface area contributed by atoms with Gasteiger partial charge in [-0.15, -0.1) is 0 Å².